The Labute approximate surface area is 174 Å². The monoisotopic (exact) mass is 410 g/mol. The van der Waals surface area contributed by atoms with Gasteiger partial charge in [0.2, 0.25) is 0 Å². The SMILES string of the molecule is O=C(c1ccc2c(-c3ccc(F)cc3F)cccc2c1)N1CCN(CCCO)CC1. The minimum Gasteiger partial charge on any atom is -0.396 e. The molecule has 0 radical (unpaired) electrons. The average molecular weight is 410 g/mol. The van der Waals surface area contributed by atoms with E-state index in [2.05, 4.69) is 4.90 Å². The second-order valence-electron chi connectivity index (χ2n) is 7.58. The van der Waals surface area contributed by atoms with Crippen LogP contribution in [-0.2, 0) is 0 Å². The van der Waals surface area contributed by atoms with Crippen LogP contribution in [0, 0.1) is 11.6 Å². The minimum atomic E-state index is -0.610. The summed E-state index contributed by atoms with van der Waals surface area (Å²) in [7, 11) is 0. The predicted octanol–water partition coefficient (Wildman–Crippen LogP) is 3.93. The van der Waals surface area contributed by atoms with Gasteiger partial charge in [-0.1, -0.05) is 24.3 Å². The van der Waals surface area contributed by atoms with Gasteiger partial charge in [0.25, 0.3) is 5.91 Å². The summed E-state index contributed by atoms with van der Waals surface area (Å²) in [5.41, 5.74) is 1.60. The molecular weight excluding hydrogens is 386 g/mol. The number of rotatable bonds is 5. The lowest BCUT2D eigenvalue weighted by Gasteiger charge is -2.34. The molecule has 3 aromatic carbocycles. The van der Waals surface area contributed by atoms with Gasteiger partial charge in [-0.25, -0.2) is 8.78 Å². The Morgan fingerprint density at radius 2 is 1.73 bits per heavy atom. The maximum absolute atomic E-state index is 14.3. The van der Waals surface area contributed by atoms with E-state index in [0.29, 0.717) is 29.8 Å². The van der Waals surface area contributed by atoms with Crippen molar-refractivity contribution >= 4 is 16.7 Å². The third-order valence-electron chi connectivity index (χ3n) is 5.64. The highest BCUT2D eigenvalue weighted by molar-refractivity contribution is 6.02. The number of benzene rings is 3. The van der Waals surface area contributed by atoms with Gasteiger partial charge in [0, 0.05) is 56.5 Å². The number of aliphatic hydroxyl groups excluding tert-OH is 1. The van der Waals surface area contributed by atoms with E-state index in [-0.39, 0.29) is 12.5 Å². The first-order valence-electron chi connectivity index (χ1n) is 10.2. The third-order valence-corrected chi connectivity index (χ3v) is 5.64. The molecule has 0 bridgehead atoms. The molecule has 1 N–H and O–H groups in total. The van der Waals surface area contributed by atoms with Crippen LogP contribution in [0.2, 0.25) is 0 Å². The summed E-state index contributed by atoms with van der Waals surface area (Å²) in [6, 6.07) is 14.5. The molecule has 6 heteroatoms. The van der Waals surface area contributed by atoms with E-state index in [1.165, 1.54) is 12.1 Å². The lowest BCUT2D eigenvalue weighted by molar-refractivity contribution is 0.0629. The Morgan fingerprint density at radius 3 is 2.47 bits per heavy atom. The quantitative estimate of drug-likeness (QED) is 0.693. The molecular formula is C24H24F2N2O2. The van der Waals surface area contributed by atoms with E-state index in [4.69, 9.17) is 5.11 Å². The van der Waals surface area contributed by atoms with Gasteiger partial charge in [-0.3, -0.25) is 9.69 Å². The van der Waals surface area contributed by atoms with Crippen LogP contribution in [0.1, 0.15) is 16.8 Å². The number of halogens is 2. The van der Waals surface area contributed by atoms with Gasteiger partial charge in [-0.2, -0.15) is 0 Å². The molecule has 4 rings (SSSR count). The molecule has 0 spiro atoms. The normalized spacial score (nSPS) is 15.0. The van der Waals surface area contributed by atoms with Crippen LogP contribution in [0.5, 0.6) is 0 Å². The van der Waals surface area contributed by atoms with Crippen molar-refractivity contribution in [3.63, 3.8) is 0 Å². The van der Waals surface area contributed by atoms with Crippen LogP contribution in [0.15, 0.2) is 54.6 Å². The summed E-state index contributed by atoms with van der Waals surface area (Å²) in [6.07, 6.45) is 0.746. The standard InChI is InChI=1S/C24H24F2N2O2/c25-19-6-8-22(23(26)16-19)21-4-1-3-17-15-18(5-7-20(17)21)24(30)28-12-10-27(11-13-28)9-2-14-29/h1,3-8,15-16,29H,2,9-14H2. The highest BCUT2D eigenvalue weighted by atomic mass is 19.1. The van der Waals surface area contributed by atoms with Gasteiger partial charge in [0.05, 0.1) is 0 Å². The van der Waals surface area contributed by atoms with E-state index in [1.54, 1.807) is 12.1 Å². The lowest BCUT2D eigenvalue weighted by Crippen LogP contribution is -2.48. The summed E-state index contributed by atoms with van der Waals surface area (Å²) in [6.45, 7) is 3.93. The third kappa shape index (κ3) is 4.20. The number of aliphatic hydroxyl groups is 1. The Hall–Kier alpha value is -2.83. The van der Waals surface area contributed by atoms with Crippen molar-refractivity contribution in [2.24, 2.45) is 0 Å². The zero-order valence-corrected chi connectivity index (χ0v) is 16.7. The zero-order chi connectivity index (χ0) is 21.1. The second kappa shape index (κ2) is 8.90. The average Bonchev–Trinajstić information content (AvgIpc) is 2.77. The van der Waals surface area contributed by atoms with Crippen molar-refractivity contribution in [3.8, 4) is 11.1 Å². The fourth-order valence-corrected chi connectivity index (χ4v) is 4.01. The van der Waals surface area contributed by atoms with Crippen LogP contribution >= 0.6 is 0 Å². The van der Waals surface area contributed by atoms with Crippen molar-refractivity contribution in [3.05, 3.63) is 71.8 Å². The maximum Gasteiger partial charge on any atom is 0.253 e. The van der Waals surface area contributed by atoms with E-state index in [0.717, 1.165) is 42.9 Å². The van der Waals surface area contributed by atoms with Gasteiger partial charge in [0.1, 0.15) is 11.6 Å². The van der Waals surface area contributed by atoms with Crippen molar-refractivity contribution in [1.82, 2.24) is 9.80 Å². The van der Waals surface area contributed by atoms with Crippen molar-refractivity contribution in [2.75, 3.05) is 39.3 Å². The molecule has 0 saturated carbocycles. The molecule has 30 heavy (non-hydrogen) atoms. The van der Waals surface area contributed by atoms with E-state index in [9.17, 15) is 13.6 Å². The number of amides is 1. The maximum atomic E-state index is 14.3. The molecule has 4 nitrogen and oxygen atoms in total. The molecule has 0 unspecified atom stereocenters. The Kier molecular flexibility index (Phi) is 6.06. The Morgan fingerprint density at radius 1 is 0.933 bits per heavy atom. The summed E-state index contributed by atoms with van der Waals surface area (Å²) < 4.78 is 27.6. The van der Waals surface area contributed by atoms with E-state index in [1.807, 2.05) is 29.2 Å². The molecule has 0 aromatic heterocycles. The number of hydrogen-bond acceptors (Lipinski definition) is 3. The molecule has 0 atom stereocenters. The molecule has 1 aliphatic heterocycles. The Balaban J connectivity index is 1.56. The number of carbonyl (C=O) groups excluding carboxylic acids is 1. The topological polar surface area (TPSA) is 43.8 Å². The number of hydrogen-bond donors (Lipinski definition) is 1. The van der Waals surface area contributed by atoms with Crippen molar-refractivity contribution < 1.29 is 18.7 Å². The number of nitrogens with zero attached hydrogens (tertiary/aromatic N) is 2. The number of fused-ring (bicyclic) bond motifs is 1. The highest BCUT2D eigenvalue weighted by Crippen LogP contribution is 2.31. The minimum absolute atomic E-state index is 0.0166. The Bertz CT molecular complexity index is 1060. The van der Waals surface area contributed by atoms with Crippen LogP contribution in [0.4, 0.5) is 8.78 Å². The first-order valence-corrected chi connectivity index (χ1v) is 10.2. The fourth-order valence-electron chi connectivity index (χ4n) is 4.01. The molecule has 3 aromatic rings. The predicted molar refractivity (Wildman–Crippen MR) is 113 cm³/mol. The van der Waals surface area contributed by atoms with Gasteiger partial charge >= 0.3 is 0 Å². The smallest absolute Gasteiger partial charge is 0.253 e. The molecule has 1 saturated heterocycles. The van der Waals surface area contributed by atoms with Crippen LogP contribution in [-0.4, -0.2) is 60.1 Å². The van der Waals surface area contributed by atoms with Crippen molar-refractivity contribution in [1.29, 1.82) is 0 Å². The summed E-state index contributed by atoms with van der Waals surface area (Å²) >= 11 is 0. The van der Waals surface area contributed by atoms with Gasteiger partial charge < -0.3 is 10.0 Å². The molecule has 1 heterocycles. The summed E-state index contributed by atoms with van der Waals surface area (Å²) in [4.78, 5) is 17.1. The molecule has 1 amide bonds. The van der Waals surface area contributed by atoms with Crippen LogP contribution in [0.25, 0.3) is 21.9 Å². The zero-order valence-electron chi connectivity index (χ0n) is 16.7. The summed E-state index contributed by atoms with van der Waals surface area (Å²) in [5, 5.41) is 10.6. The molecule has 156 valence electrons. The van der Waals surface area contributed by atoms with Gasteiger partial charge in [-0.15, -0.1) is 0 Å². The largest absolute Gasteiger partial charge is 0.396 e. The second-order valence-corrected chi connectivity index (χ2v) is 7.58. The van der Waals surface area contributed by atoms with Gasteiger partial charge in [0.15, 0.2) is 0 Å². The summed E-state index contributed by atoms with van der Waals surface area (Å²) in [5.74, 6) is -1.24. The molecule has 1 fully saturated rings. The first kappa shape index (κ1) is 20.4. The number of carbonyl (C=O) groups is 1. The molecule has 0 aliphatic carbocycles. The molecule has 1 aliphatic rings. The van der Waals surface area contributed by atoms with E-state index >= 15 is 0 Å². The van der Waals surface area contributed by atoms with Gasteiger partial charge in [-0.05, 0) is 47.0 Å². The fraction of sp³-hybridized carbons (Fsp3) is 0.292. The van der Waals surface area contributed by atoms with Crippen molar-refractivity contribution in [2.45, 2.75) is 6.42 Å². The number of piperazine rings is 1. The van der Waals surface area contributed by atoms with Crippen LogP contribution in [0.3, 0.4) is 0 Å². The lowest BCUT2D eigenvalue weighted by atomic mass is 9.96. The van der Waals surface area contributed by atoms with Crippen LogP contribution < -0.4 is 0 Å². The first-order chi connectivity index (χ1) is 14.6. The van der Waals surface area contributed by atoms with E-state index < -0.39 is 11.6 Å². The highest BCUT2D eigenvalue weighted by Gasteiger charge is 2.22.